The highest BCUT2D eigenvalue weighted by molar-refractivity contribution is 6.00. The van der Waals surface area contributed by atoms with Crippen LogP contribution in [0.5, 0.6) is 0 Å². The van der Waals surface area contributed by atoms with Gasteiger partial charge in [0.2, 0.25) is 0 Å². The molecule has 1 heterocycles. The van der Waals surface area contributed by atoms with Gasteiger partial charge in [0.15, 0.2) is 0 Å². The second-order valence-corrected chi connectivity index (χ2v) is 7.43. The van der Waals surface area contributed by atoms with Crippen LogP contribution >= 0.6 is 0 Å². The van der Waals surface area contributed by atoms with Gasteiger partial charge in [-0.1, -0.05) is 42.5 Å². The minimum Gasteiger partial charge on any atom is -0.465 e. The third-order valence-corrected chi connectivity index (χ3v) is 5.48. The van der Waals surface area contributed by atoms with Gasteiger partial charge in [0.25, 0.3) is 0 Å². The number of carbonyl (C=O) groups excluding carboxylic acids is 2. The molecule has 1 saturated heterocycles. The number of esters is 1. The summed E-state index contributed by atoms with van der Waals surface area (Å²) in [6.45, 7) is 2.35. The summed E-state index contributed by atoms with van der Waals surface area (Å²) in [7, 11) is 3.46. The average molecular weight is 396 g/mol. The van der Waals surface area contributed by atoms with Crippen molar-refractivity contribution in [2.24, 2.45) is 0 Å². The quantitative estimate of drug-likeness (QED) is 0.759. The van der Waals surface area contributed by atoms with Crippen LogP contribution in [0.2, 0.25) is 0 Å². The molecule has 1 atom stereocenters. The maximum Gasteiger partial charge on any atom is 0.339 e. The molecule has 0 aromatic heterocycles. The smallest absolute Gasteiger partial charge is 0.339 e. The number of likely N-dealkylation sites (N-methyl/N-ethyl adjacent to an activating group) is 1. The Hall–Kier alpha value is -2.86. The Morgan fingerprint density at radius 3 is 2.62 bits per heavy atom. The maximum atomic E-state index is 12.8. The van der Waals surface area contributed by atoms with E-state index in [9.17, 15) is 9.59 Å². The molecular formula is C23H29N3O3. The number of methoxy groups -OCH3 is 1. The van der Waals surface area contributed by atoms with Gasteiger partial charge in [-0.15, -0.1) is 0 Å². The molecule has 6 nitrogen and oxygen atoms in total. The molecule has 6 heteroatoms. The van der Waals surface area contributed by atoms with E-state index in [4.69, 9.17) is 4.74 Å². The van der Waals surface area contributed by atoms with Gasteiger partial charge in [-0.25, -0.2) is 9.59 Å². The summed E-state index contributed by atoms with van der Waals surface area (Å²) in [6, 6.07) is 17.5. The van der Waals surface area contributed by atoms with Crippen LogP contribution < -0.4 is 5.32 Å². The summed E-state index contributed by atoms with van der Waals surface area (Å²) >= 11 is 0. The van der Waals surface area contributed by atoms with E-state index >= 15 is 0 Å². The number of likely N-dealkylation sites (tertiary alicyclic amines) is 1. The van der Waals surface area contributed by atoms with Crippen molar-refractivity contribution in [1.82, 2.24) is 9.80 Å². The fraction of sp³-hybridized carbons (Fsp3) is 0.391. The third-order valence-electron chi connectivity index (χ3n) is 5.48. The van der Waals surface area contributed by atoms with E-state index in [1.165, 1.54) is 12.7 Å². The van der Waals surface area contributed by atoms with E-state index in [1.807, 2.05) is 11.0 Å². The molecule has 29 heavy (non-hydrogen) atoms. The molecule has 3 rings (SSSR count). The number of urea groups is 1. The van der Waals surface area contributed by atoms with Crippen LogP contribution in [0.4, 0.5) is 10.5 Å². The van der Waals surface area contributed by atoms with Crippen LogP contribution in [-0.2, 0) is 11.2 Å². The number of piperidine rings is 1. The lowest BCUT2D eigenvalue weighted by atomic mass is 10.0. The van der Waals surface area contributed by atoms with Crippen LogP contribution in [0.15, 0.2) is 54.6 Å². The molecule has 1 N–H and O–H groups in total. The summed E-state index contributed by atoms with van der Waals surface area (Å²) in [6.07, 6.45) is 3.03. The molecule has 0 saturated carbocycles. The Bertz CT molecular complexity index is 825. The number of benzene rings is 2. The normalized spacial score (nSPS) is 16.5. The highest BCUT2D eigenvalue weighted by Crippen LogP contribution is 2.20. The number of hydrogen-bond donors (Lipinski definition) is 1. The van der Waals surface area contributed by atoms with E-state index < -0.39 is 5.97 Å². The predicted octanol–water partition coefficient (Wildman–Crippen LogP) is 3.64. The van der Waals surface area contributed by atoms with Gasteiger partial charge in [-0.05, 0) is 44.0 Å². The Kier molecular flexibility index (Phi) is 7.25. The van der Waals surface area contributed by atoms with Crippen LogP contribution in [0, 0.1) is 0 Å². The maximum absolute atomic E-state index is 12.8. The molecule has 1 aliphatic heterocycles. The van der Waals surface area contributed by atoms with Crippen molar-refractivity contribution in [3.05, 3.63) is 65.7 Å². The largest absolute Gasteiger partial charge is 0.465 e. The molecular weight excluding hydrogens is 366 g/mol. The van der Waals surface area contributed by atoms with Crippen molar-refractivity contribution < 1.29 is 14.3 Å². The summed E-state index contributed by atoms with van der Waals surface area (Å²) < 4.78 is 4.81. The molecule has 2 aromatic carbocycles. The lowest BCUT2D eigenvalue weighted by Gasteiger charge is -2.37. The second kappa shape index (κ2) is 10.1. The van der Waals surface area contributed by atoms with Crippen LogP contribution in [0.25, 0.3) is 0 Å². The first-order valence-corrected chi connectivity index (χ1v) is 10.1. The van der Waals surface area contributed by atoms with Gasteiger partial charge in [0.05, 0.1) is 18.4 Å². The van der Waals surface area contributed by atoms with Gasteiger partial charge >= 0.3 is 12.0 Å². The van der Waals surface area contributed by atoms with Crippen molar-refractivity contribution in [2.75, 3.05) is 39.1 Å². The number of nitrogens with zero attached hydrogens (tertiary/aromatic N) is 2. The van der Waals surface area contributed by atoms with Crippen molar-refractivity contribution in [3.8, 4) is 0 Å². The summed E-state index contributed by atoms with van der Waals surface area (Å²) in [5.41, 5.74) is 2.16. The SMILES string of the molecule is COC(=O)c1ccccc1NC(=O)N1CCC[C@H](N(C)CCc2ccccc2)C1. The number of nitrogens with one attached hydrogen (secondary N) is 1. The van der Waals surface area contributed by atoms with Crippen molar-refractivity contribution >= 4 is 17.7 Å². The Morgan fingerprint density at radius 2 is 1.86 bits per heavy atom. The Labute approximate surface area is 172 Å². The summed E-state index contributed by atoms with van der Waals surface area (Å²) in [5, 5.41) is 2.88. The molecule has 0 unspecified atom stereocenters. The van der Waals surface area contributed by atoms with Gasteiger partial charge in [0.1, 0.15) is 0 Å². The van der Waals surface area contributed by atoms with Crippen LogP contribution in [0.1, 0.15) is 28.8 Å². The number of carbonyl (C=O) groups is 2. The number of para-hydroxylation sites is 1. The van der Waals surface area contributed by atoms with E-state index in [0.717, 1.165) is 32.4 Å². The van der Waals surface area contributed by atoms with Crippen molar-refractivity contribution in [2.45, 2.75) is 25.3 Å². The number of amides is 2. The zero-order valence-corrected chi connectivity index (χ0v) is 17.1. The van der Waals surface area contributed by atoms with E-state index in [0.29, 0.717) is 23.8 Å². The second-order valence-electron chi connectivity index (χ2n) is 7.43. The molecule has 0 radical (unpaired) electrons. The zero-order chi connectivity index (χ0) is 20.6. The third kappa shape index (κ3) is 5.57. The molecule has 0 bridgehead atoms. The number of ether oxygens (including phenoxy) is 1. The fourth-order valence-corrected chi connectivity index (χ4v) is 3.71. The lowest BCUT2D eigenvalue weighted by molar-refractivity contribution is 0.0602. The average Bonchev–Trinajstić information content (AvgIpc) is 2.78. The molecule has 0 aliphatic carbocycles. The van der Waals surface area contributed by atoms with E-state index in [1.54, 1.807) is 24.3 Å². The highest BCUT2D eigenvalue weighted by atomic mass is 16.5. The molecule has 154 valence electrons. The minimum atomic E-state index is -0.460. The minimum absolute atomic E-state index is 0.178. The first-order chi connectivity index (χ1) is 14.1. The standard InChI is InChI=1S/C23H29N3O3/c1-25(16-14-18-9-4-3-5-10-18)19-11-8-15-26(17-19)23(28)24-21-13-7-6-12-20(21)22(27)29-2/h3-7,9-10,12-13,19H,8,11,14-17H2,1-2H3,(H,24,28)/t19-/m0/s1. The van der Waals surface area contributed by atoms with Crippen LogP contribution in [-0.4, -0.2) is 61.6 Å². The lowest BCUT2D eigenvalue weighted by Crippen LogP contribution is -2.50. The zero-order valence-electron chi connectivity index (χ0n) is 17.1. The molecule has 1 fully saturated rings. The highest BCUT2D eigenvalue weighted by Gasteiger charge is 2.27. The van der Waals surface area contributed by atoms with Gasteiger partial charge < -0.3 is 19.9 Å². The Morgan fingerprint density at radius 1 is 1.14 bits per heavy atom. The van der Waals surface area contributed by atoms with Crippen LogP contribution in [0.3, 0.4) is 0 Å². The fourth-order valence-electron chi connectivity index (χ4n) is 3.71. The number of hydrogen-bond acceptors (Lipinski definition) is 4. The molecule has 1 aliphatic rings. The number of anilines is 1. The van der Waals surface area contributed by atoms with Gasteiger partial charge in [0, 0.05) is 25.7 Å². The monoisotopic (exact) mass is 395 g/mol. The van der Waals surface area contributed by atoms with E-state index in [2.05, 4.69) is 41.5 Å². The van der Waals surface area contributed by atoms with E-state index in [-0.39, 0.29) is 6.03 Å². The molecule has 2 amide bonds. The van der Waals surface area contributed by atoms with Gasteiger partial charge in [-0.3, -0.25) is 0 Å². The van der Waals surface area contributed by atoms with Gasteiger partial charge in [-0.2, -0.15) is 0 Å². The molecule has 2 aromatic rings. The first kappa shape index (κ1) is 20.9. The topological polar surface area (TPSA) is 61.9 Å². The summed E-state index contributed by atoms with van der Waals surface area (Å²) in [5.74, 6) is -0.460. The number of rotatable bonds is 6. The Balaban J connectivity index is 1.57. The predicted molar refractivity (Wildman–Crippen MR) is 114 cm³/mol. The molecule has 0 spiro atoms. The van der Waals surface area contributed by atoms with Crippen molar-refractivity contribution in [3.63, 3.8) is 0 Å². The summed E-state index contributed by atoms with van der Waals surface area (Å²) in [4.78, 5) is 28.9. The first-order valence-electron chi connectivity index (χ1n) is 10.1. The van der Waals surface area contributed by atoms with Crippen molar-refractivity contribution in [1.29, 1.82) is 0 Å².